The molecule has 1 aliphatic rings. The molecule has 1 aliphatic heterocycles. The summed E-state index contributed by atoms with van der Waals surface area (Å²) >= 11 is 0. The largest absolute Gasteiger partial charge is 0.497 e. The van der Waals surface area contributed by atoms with Gasteiger partial charge >= 0.3 is 12.0 Å². The van der Waals surface area contributed by atoms with E-state index in [9.17, 15) is 14.7 Å². The number of carbonyl (C=O) groups is 2. The number of hydrogen-bond acceptors (Lipinski definition) is 4. The molecule has 138 valence electrons. The number of piperidine rings is 1. The summed E-state index contributed by atoms with van der Waals surface area (Å²) < 4.78 is 10.2. The van der Waals surface area contributed by atoms with Crippen molar-refractivity contribution in [3.05, 3.63) is 29.8 Å². The zero-order valence-electron chi connectivity index (χ0n) is 14.8. The number of amides is 2. The van der Waals surface area contributed by atoms with Crippen molar-refractivity contribution in [2.45, 2.75) is 25.8 Å². The van der Waals surface area contributed by atoms with Crippen molar-refractivity contribution in [3.63, 3.8) is 0 Å². The number of benzene rings is 1. The number of nitrogens with one attached hydrogen (secondary N) is 1. The van der Waals surface area contributed by atoms with Gasteiger partial charge in [0, 0.05) is 33.4 Å². The van der Waals surface area contributed by atoms with E-state index in [1.807, 2.05) is 24.3 Å². The van der Waals surface area contributed by atoms with Crippen LogP contribution in [0.25, 0.3) is 0 Å². The lowest BCUT2D eigenvalue weighted by atomic mass is 9.77. The Morgan fingerprint density at radius 1 is 1.28 bits per heavy atom. The lowest BCUT2D eigenvalue weighted by Crippen LogP contribution is -2.52. The molecular weight excluding hydrogens is 324 g/mol. The van der Waals surface area contributed by atoms with Gasteiger partial charge in [0.25, 0.3) is 0 Å². The number of aliphatic carboxylic acids is 1. The smallest absolute Gasteiger partial charge is 0.317 e. The minimum atomic E-state index is -0.925. The minimum absolute atomic E-state index is 0.208. The van der Waals surface area contributed by atoms with E-state index in [1.54, 1.807) is 19.1 Å². The average Bonchev–Trinajstić information content (AvgIpc) is 2.64. The number of likely N-dealkylation sites (tertiary alicyclic amines) is 1. The minimum Gasteiger partial charge on any atom is -0.497 e. The summed E-state index contributed by atoms with van der Waals surface area (Å²) in [6.45, 7) is 1.53. The molecule has 25 heavy (non-hydrogen) atoms. The van der Waals surface area contributed by atoms with E-state index in [-0.39, 0.29) is 12.6 Å². The van der Waals surface area contributed by atoms with Crippen LogP contribution in [-0.2, 0) is 16.1 Å². The Bertz CT molecular complexity index is 590. The van der Waals surface area contributed by atoms with Crippen molar-refractivity contribution in [2.75, 3.05) is 33.9 Å². The molecule has 2 N–H and O–H groups in total. The third kappa shape index (κ3) is 4.85. The summed E-state index contributed by atoms with van der Waals surface area (Å²) in [6.07, 6.45) is 1.64. The van der Waals surface area contributed by atoms with Crippen LogP contribution in [0.15, 0.2) is 24.3 Å². The number of urea groups is 1. The number of carbonyl (C=O) groups excluding carboxylic acids is 1. The second-order valence-corrected chi connectivity index (χ2v) is 6.36. The van der Waals surface area contributed by atoms with Crippen molar-refractivity contribution in [1.82, 2.24) is 10.2 Å². The van der Waals surface area contributed by atoms with E-state index in [2.05, 4.69) is 5.32 Å². The number of carboxylic acid groups (broad SMARTS) is 1. The van der Waals surface area contributed by atoms with Crippen LogP contribution in [0.1, 0.15) is 24.8 Å². The van der Waals surface area contributed by atoms with Crippen LogP contribution in [0, 0.1) is 5.41 Å². The van der Waals surface area contributed by atoms with Gasteiger partial charge in [-0.3, -0.25) is 4.79 Å². The van der Waals surface area contributed by atoms with Crippen molar-refractivity contribution in [2.24, 2.45) is 5.41 Å². The topological polar surface area (TPSA) is 88.1 Å². The molecule has 1 heterocycles. The highest BCUT2D eigenvalue weighted by Crippen LogP contribution is 2.34. The van der Waals surface area contributed by atoms with E-state index in [0.29, 0.717) is 39.0 Å². The van der Waals surface area contributed by atoms with Crippen LogP contribution < -0.4 is 10.1 Å². The van der Waals surface area contributed by atoms with E-state index >= 15 is 0 Å². The summed E-state index contributed by atoms with van der Waals surface area (Å²) in [5.41, 5.74) is 0.0289. The number of hydrogen-bond donors (Lipinski definition) is 2. The van der Waals surface area contributed by atoms with Crippen molar-refractivity contribution in [1.29, 1.82) is 0 Å². The van der Waals surface area contributed by atoms with Crippen molar-refractivity contribution < 1.29 is 24.2 Å². The predicted octanol–water partition coefficient (Wildman–Crippen LogP) is 2.11. The molecule has 1 saturated heterocycles. The lowest BCUT2D eigenvalue weighted by molar-refractivity contribution is -0.153. The van der Waals surface area contributed by atoms with Crippen LogP contribution in [0.3, 0.4) is 0 Å². The monoisotopic (exact) mass is 350 g/mol. The first-order chi connectivity index (χ1) is 12.0. The maximum absolute atomic E-state index is 12.4. The number of rotatable bonds is 7. The molecule has 1 atom stereocenters. The van der Waals surface area contributed by atoms with Gasteiger partial charge in [-0.1, -0.05) is 12.1 Å². The first kappa shape index (κ1) is 19.1. The number of nitrogens with zero attached hydrogens (tertiary/aromatic N) is 1. The molecule has 7 nitrogen and oxygen atoms in total. The Morgan fingerprint density at radius 2 is 2.00 bits per heavy atom. The maximum atomic E-state index is 12.4. The number of ether oxygens (including phenoxy) is 2. The van der Waals surface area contributed by atoms with Gasteiger partial charge in [0.2, 0.25) is 0 Å². The standard InChI is InChI=1S/C18H26N2O5/c1-24-11-9-18(16(21)22)8-3-10-20(13-18)17(23)19-12-14-4-6-15(25-2)7-5-14/h4-7H,3,8-13H2,1-2H3,(H,19,23)(H,21,22). The highest BCUT2D eigenvalue weighted by molar-refractivity contribution is 5.78. The van der Waals surface area contributed by atoms with E-state index in [0.717, 1.165) is 11.3 Å². The zero-order valence-corrected chi connectivity index (χ0v) is 14.8. The van der Waals surface area contributed by atoms with Crippen molar-refractivity contribution in [3.8, 4) is 5.75 Å². The van der Waals surface area contributed by atoms with Gasteiger partial charge in [-0.25, -0.2) is 4.79 Å². The van der Waals surface area contributed by atoms with E-state index in [1.165, 1.54) is 0 Å². The molecule has 0 spiro atoms. The molecule has 0 aliphatic carbocycles. The zero-order chi connectivity index (χ0) is 18.3. The predicted molar refractivity (Wildman–Crippen MR) is 92.6 cm³/mol. The second kappa shape index (κ2) is 8.71. The highest BCUT2D eigenvalue weighted by atomic mass is 16.5. The molecule has 2 amide bonds. The van der Waals surface area contributed by atoms with Crippen LogP contribution in [0.2, 0.25) is 0 Å². The Kier molecular flexibility index (Phi) is 6.64. The summed E-state index contributed by atoms with van der Waals surface area (Å²) in [4.78, 5) is 25.8. The fraction of sp³-hybridized carbons (Fsp3) is 0.556. The molecule has 0 radical (unpaired) electrons. The molecule has 7 heteroatoms. The Balaban J connectivity index is 1.94. The van der Waals surface area contributed by atoms with Crippen LogP contribution in [0.5, 0.6) is 5.75 Å². The lowest BCUT2D eigenvalue weighted by Gasteiger charge is -2.39. The third-order valence-electron chi connectivity index (χ3n) is 4.71. The summed E-state index contributed by atoms with van der Waals surface area (Å²) in [5.74, 6) is -0.104. The molecule has 0 saturated carbocycles. The first-order valence-corrected chi connectivity index (χ1v) is 8.39. The van der Waals surface area contributed by atoms with Gasteiger partial charge in [0.05, 0.1) is 12.5 Å². The second-order valence-electron chi connectivity index (χ2n) is 6.36. The SMILES string of the molecule is COCCC1(C(=O)O)CCCN(C(=O)NCc2ccc(OC)cc2)C1. The Hall–Kier alpha value is -2.28. The Labute approximate surface area is 147 Å². The van der Waals surface area contributed by atoms with Gasteiger partial charge in [0.15, 0.2) is 0 Å². The quantitative estimate of drug-likeness (QED) is 0.786. The van der Waals surface area contributed by atoms with Gasteiger partial charge in [-0.2, -0.15) is 0 Å². The average molecular weight is 350 g/mol. The van der Waals surface area contributed by atoms with Crippen molar-refractivity contribution >= 4 is 12.0 Å². The third-order valence-corrected chi connectivity index (χ3v) is 4.71. The molecule has 2 rings (SSSR count). The highest BCUT2D eigenvalue weighted by Gasteiger charge is 2.43. The van der Waals surface area contributed by atoms with E-state index < -0.39 is 11.4 Å². The van der Waals surface area contributed by atoms with Crippen LogP contribution in [0.4, 0.5) is 4.79 Å². The Morgan fingerprint density at radius 3 is 2.60 bits per heavy atom. The molecule has 1 aromatic carbocycles. The number of methoxy groups -OCH3 is 2. The molecule has 1 aromatic rings. The molecule has 0 bridgehead atoms. The summed E-state index contributed by atoms with van der Waals surface area (Å²) in [7, 11) is 3.16. The van der Waals surface area contributed by atoms with Gasteiger partial charge in [0.1, 0.15) is 5.75 Å². The molecule has 0 aromatic heterocycles. The van der Waals surface area contributed by atoms with Gasteiger partial charge in [-0.05, 0) is 37.0 Å². The fourth-order valence-corrected chi connectivity index (χ4v) is 3.12. The molecule has 1 fully saturated rings. The van der Waals surface area contributed by atoms with Gasteiger partial charge < -0.3 is 24.8 Å². The maximum Gasteiger partial charge on any atom is 0.317 e. The fourth-order valence-electron chi connectivity index (χ4n) is 3.12. The van der Waals surface area contributed by atoms with Crippen LogP contribution >= 0.6 is 0 Å². The summed E-state index contributed by atoms with van der Waals surface area (Å²) in [6, 6.07) is 7.20. The first-order valence-electron chi connectivity index (χ1n) is 8.39. The normalized spacial score (nSPS) is 20.2. The molecular formula is C18H26N2O5. The van der Waals surface area contributed by atoms with E-state index in [4.69, 9.17) is 9.47 Å². The van der Waals surface area contributed by atoms with Gasteiger partial charge in [-0.15, -0.1) is 0 Å². The number of carboxylic acids is 1. The van der Waals surface area contributed by atoms with Crippen LogP contribution in [-0.4, -0.2) is 55.9 Å². The molecule has 1 unspecified atom stereocenters. The summed E-state index contributed by atoms with van der Waals surface area (Å²) in [5, 5.41) is 12.5.